The average molecular weight is 436 g/mol. The van der Waals surface area contributed by atoms with E-state index in [1.165, 1.54) is 19.9 Å². The molecule has 0 N–H and O–H groups in total. The molecule has 4 nitrogen and oxygen atoms in total. The second-order valence-electron chi connectivity index (χ2n) is 6.52. The number of benzene rings is 1. The van der Waals surface area contributed by atoms with E-state index >= 15 is 0 Å². The molecule has 0 spiro atoms. The molecule has 29 heavy (non-hydrogen) atoms. The molecule has 0 aliphatic carbocycles. The van der Waals surface area contributed by atoms with Crippen LogP contribution in [0.2, 0.25) is 0 Å². The molecule has 1 aromatic carbocycles. The van der Waals surface area contributed by atoms with Crippen LogP contribution < -0.4 is 0 Å². The second kappa shape index (κ2) is 8.34. The molecule has 1 aliphatic heterocycles. The number of hydrogen-bond acceptors (Lipinski definition) is 4. The molecule has 1 aromatic rings. The summed E-state index contributed by atoms with van der Waals surface area (Å²) in [6.07, 6.45) is -9.83. The summed E-state index contributed by atoms with van der Waals surface area (Å²) >= 11 is 1.11. The van der Waals surface area contributed by atoms with E-state index in [1.54, 1.807) is 6.92 Å². The Morgan fingerprint density at radius 3 is 2.38 bits per heavy atom. The van der Waals surface area contributed by atoms with Crippen molar-refractivity contribution in [1.29, 1.82) is 0 Å². The van der Waals surface area contributed by atoms with Gasteiger partial charge in [0, 0.05) is 6.42 Å². The first-order valence-electron chi connectivity index (χ1n) is 8.68. The Balaban J connectivity index is 2.60. The number of hydrogen-bond donors (Lipinski definition) is 0. The molecule has 2 atom stereocenters. The highest BCUT2D eigenvalue weighted by molar-refractivity contribution is 8.14. The van der Waals surface area contributed by atoms with Crippen molar-refractivity contribution in [2.45, 2.75) is 57.5 Å². The SMILES string of the molecule is [C-]#[N+]c1ccc(N=C(SCC)C2(C)CC(C(F)(F)F)N=N2)c(CC)c1C(F)(F)F. The molecule has 0 saturated heterocycles. The normalized spacial score (nSPS) is 22.8. The van der Waals surface area contributed by atoms with Gasteiger partial charge in [0.1, 0.15) is 10.6 Å². The molecule has 0 amide bonds. The van der Waals surface area contributed by atoms with Gasteiger partial charge >= 0.3 is 12.4 Å². The molecule has 0 fully saturated rings. The van der Waals surface area contributed by atoms with Gasteiger partial charge in [-0.1, -0.05) is 19.9 Å². The standard InChI is InChI=1S/C18H18F6N4S/c1-5-10-11(7-8-12(25-4)14(10)18(22,23)24)26-15(29-6-2)16(3)9-13(27-28-16)17(19,20)21/h7-8,13H,5-6,9H2,1-3H3. The largest absolute Gasteiger partial charge is 0.412 e. The van der Waals surface area contributed by atoms with Gasteiger partial charge in [-0.15, -0.1) is 11.8 Å². The molecule has 0 bridgehead atoms. The zero-order valence-electron chi connectivity index (χ0n) is 15.8. The number of alkyl halides is 6. The van der Waals surface area contributed by atoms with Crippen LogP contribution in [-0.2, 0) is 12.6 Å². The van der Waals surface area contributed by atoms with Gasteiger partial charge in [-0.2, -0.15) is 36.6 Å². The summed E-state index contributed by atoms with van der Waals surface area (Å²) in [7, 11) is 0. The van der Waals surface area contributed by atoms with Crippen molar-refractivity contribution in [3.05, 3.63) is 34.7 Å². The Kier molecular flexibility index (Phi) is 6.67. The molecule has 2 unspecified atom stereocenters. The summed E-state index contributed by atoms with van der Waals surface area (Å²) < 4.78 is 79.7. The molecular formula is C18H18F6N4S. The smallest absolute Gasteiger partial charge is 0.244 e. The van der Waals surface area contributed by atoms with Crippen LogP contribution in [-0.4, -0.2) is 28.6 Å². The monoisotopic (exact) mass is 436 g/mol. The summed E-state index contributed by atoms with van der Waals surface area (Å²) in [6, 6.07) is 0.337. The summed E-state index contributed by atoms with van der Waals surface area (Å²) in [5.74, 6) is 0.439. The highest BCUT2D eigenvalue weighted by Crippen LogP contribution is 2.44. The highest BCUT2D eigenvalue weighted by atomic mass is 32.2. The van der Waals surface area contributed by atoms with Crippen molar-refractivity contribution >= 4 is 28.2 Å². The number of nitrogens with zero attached hydrogens (tertiary/aromatic N) is 4. The Morgan fingerprint density at radius 2 is 1.93 bits per heavy atom. The van der Waals surface area contributed by atoms with E-state index in [4.69, 9.17) is 6.57 Å². The Bertz CT molecular complexity index is 869. The molecule has 158 valence electrons. The van der Waals surface area contributed by atoms with Crippen molar-refractivity contribution in [2.24, 2.45) is 15.2 Å². The summed E-state index contributed by atoms with van der Waals surface area (Å²) in [5, 5.41) is 7.25. The van der Waals surface area contributed by atoms with Crippen molar-refractivity contribution in [1.82, 2.24) is 0 Å². The third-order valence-corrected chi connectivity index (χ3v) is 5.47. The molecule has 11 heteroatoms. The zero-order valence-corrected chi connectivity index (χ0v) is 16.6. The molecule has 2 rings (SSSR count). The Hall–Kier alpha value is -2.09. The van der Waals surface area contributed by atoms with Crippen molar-refractivity contribution in [3.8, 4) is 0 Å². The van der Waals surface area contributed by atoms with Crippen molar-refractivity contribution in [3.63, 3.8) is 0 Å². The lowest BCUT2D eigenvalue weighted by molar-refractivity contribution is -0.147. The number of halogens is 6. The molecule has 0 aromatic heterocycles. The molecule has 0 saturated carbocycles. The van der Waals surface area contributed by atoms with Gasteiger partial charge in [0.25, 0.3) is 0 Å². The Morgan fingerprint density at radius 1 is 1.28 bits per heavy atom. The topological polar surface area (TPSA) is 41.4 Å². The predicted molar refractivity (Wildman–Crippen MR) is 100 cm³/mol. The fourth-order valence-corrected chi connectivity index (χ4v) is 3.89. The van der Waals surface area contributed by atoms with Crippen LogP contribution in [0.3, 0.4) is 0 Å². The third-order valence-electron chi connectivity index (χ3n) is 4.37. The molecular weight excluding hydrogens is 418 g/mol. The lowest BCUT2D eigenvalue weighted by Gasteiger charge is -2.23. The minimum absolute atomic E-state index is 0.0324. The third kappa shape index (κ3) is 4.91. The van der Waals surface area contributed by atoms with E-state index < -0.39 is 41.6 Å². The van der Waals surface area contributed by atoms with E-state index in [2.05, 4.69) is 20.1 Å². The lowest BCUT2D eigenvalue weighted by Crippen LogP contribution is -2.35. The predicted octanol–water partition coefficient (Wildman–Crippen LogP) is 7.15. The zero-order chi connectivity index (χ0) is 22.0. The van der Waals surface area contributed by atoms with Crippen LogP contribution in [0.5, 0.6) is 0 Å². The van der Waals surface area contributed by atoms with E-state index in [-0.39, 0.29) is 22.7 Å². The molecule has 0 radical (unpaired) electrons. The first-order valence-corrected chi connectivity index (χ1v) is 9.67. The van der Waals surface area contributed by atoms with E-state index in [9.17, 15) is 26.3 Å². The quantitative estimate of drug-likeness (QED) is 0.214. The summed E-state index contributed by atoms with van der Waals surface area (Å²) in [6.45, 7) is 11.7. The van der Waals surface area contributed by atoms with E-state index in [0.717, 1.165) is 17.8 Å². The van der Waals surface area contributed by atoms with Gasteiger partial charge in [-0.25, -0.2) is 9.84 Å². The molecule has 1 aliphatic rings. The van der Waals surface area contributed by atoms with Gasteiger partial charge in [0.2, 0.25) is 0 Å². The van der Waals surface area contributed by atoms with E-state index in [1.807, 2.05) is 0 Å². The van der Waals surface area contributed by atoms with Crippen LogP contribution in [0.15, 0.2) is 27.4 Å². The summed E-state index contributed by atoms with van der Waals surface area (Å²) in [4.78, 5) is 7.24. The van der Waals surface area contributed by atoms with Gasteiger partial charge in [0.05, 0.1) is 17.8 Å². The highest BCUT2D eigenvalue weighted by Gasteiger charge is 2.50. The van der Waals surface area contributed by atoms with Crippen LogP contribution in [0.4, 0.5) is 37.7 Å². The van der Waals surface area contributed by atoms with Gasteiger partial charge < -0.3 is 0 Å². The lowest BCUT2D eigenvalue weighted by atomic mass is 9.96. The maximum absolute atomic E-state index is 13.6. The first kappa shape index (κ1) is 23.2. The second-order valence-corrected chi connectivity index (χ2v) is 7.77. The van der Waals surface area contributed by atoms with Crippen molar-refractivity contribution < 1.29 is 26.3 Å². The number of aliphatic imine (C=N–C) groups is 1. The fraction of sp³-hybridized carbons (Fsp3) is 0.556. The Labute approximate surface area is 168 Å². The van der Waals surface area contributed by atoms with Crippen LogP contribution in [0.25, 0.3) is 4.85 Å². The number of azo groups is 1. The van der Waals surface area contributed by atoms with Crippen LogP contribution in [0, 0.1) is 6.57 Å². The van der Waals surface area contributed by atoms with Gasteiger partial charge in [-0.3, -0.25) is 0 Å². The minimum atomic E-state index is -4.76. The van der Waals surface area contributed by atoms with E-state index in [0.29, 0.717) is 5.75 Å². The minimum Gasteiger partial charge on any atom is -0.244 e. The number of rotatable bonds is 4. The summed E-state index contributed by atoms with van der Waals surface area (Å²) in [5.41, 5.74) is -3.20. The molecule has 1 heterocycles. The van der Waals surface area contributed by atoms with Crippen LogP contribution >= 0.6 is 11.8 Å². The van der Waals surface area contributed by atoms with Crippen molar-refractivity contribution in [2.75, 3.05) is 5.75 Å². The van der Waals surface area contributed by atoms with Crippen LogP contribution in [0.1, 0.15) is 38.3 Å². The maximum Gasteiger partial charge on any atom is 0.412 e. The average Bonchev–Trinajstić information content (AvgIpc) is 3.03. The maximum atomic E-state index is 13.6. The van der Waals surface area contributed by atoms with Gasteiger partial charge in [-0.05, 0) is 30.7 Å². The first-order chi connectivity index (χ1) is 13.4. The number of thioether (sulfide) groups is 1. The van der Waals surface area contributed by atoms with Gasteiger partial charge in [0.15, 0.2) is 11.7 Å². The fourth-order valence-electron chi connectivity index (χ4n) is 3.02.